The highest BCUT2D eigenvalue weighted by molar-refractivity contribution is 5.81. The van der Waals surface area contributed by atoms with E-state index in [0.717, 1.165) is 19.1 Å². The first-order valence-electron chi connectivity index (χ1n) is 4.22. The molecule has 0 saturated carbocycles. The molecule has 0 aromatic rings. The Hall–Kier alpha value is -2.11. The van der Waals surface area contributed by atoms with Crippen molar-refractivity contribution in [2.75, 3.05) is 13.2 Å². The van der Waals surface area contributed by atoms with Gasteiger partial charge in [0.1, 0.15) is 13.2 Å². The van der Waals surface area contributed by atoms with E-state index in [0.29, 0.717) is 0 Å². The molecular weight excluding hydrogens is 216 g/mol. The molecule has 0 atom stereocenters. The van der Waals surface area contributed by atoms with Crippen LogP contribution in [0.3, 0.4) is 0 Å². The Morgan fingerprint density at radius 2 is 1.31 bits per heavy atom. The predicted octanol–water partition coefficient (Wildman–Crippen LogP) is 0.536. The van der Waals surface area contributed by atoms with Gasteiger partial charge in [0.05, 0.1) is 0 Å². The quantitative estimate of drug-likeness (QED) is 0.421. The summed E-state index contributed by atoms with van der Waals surface area (Å²) in [4.78, 5) is 29.9. The molecule has 1 N–H and O–H groups in total. The maximum Gasteiger partial charge on any atom is 0.330 e. The van der Waals surface area contributed by atoms with Gasteiger partial charge in [-0.2, -0.15) is 0 Å². The molecule has 0 aliphatic carbocycles. The Kier molecular flexibility index (Phi) is 11.2. The van der Waals surface area contributed by atoms with Crippen molar-refractivity contribution >= 4 is 17.9 Å². The molecule has 0 aromatic heterocycles. The number of carboxylic acid groups (broad SMARTS) is 1. The summed E-state index contributed by atoms with van der Waals surface area (Å²) in [5, 5.41) is 7.42. The molecule has 16 heavy (non-hydrogen) atoms. The van der Waals surface area contributed by atoms with Crippen molar-refractivity contribution < 1.29 is 29.0 Å². The summed E-state index contributed by atoms with van der Waals surface area (Å²) in [6.07, 6.45) is 2.07. The second-order valence-electron chi connectivity index (χ2n) is 2.26. The highest BCUT2D eigenvalue weighted by Crippen LogP contribution is 1.82. The van der Waals surface area contributed by atoms with Gasteiger partial charge in [-0.05, 0) is 0 Å². The number of carbonyl (C=O) groups excluding carboxylic acids is 2. The number of rotatable bonds is 5. The van der Waals surface area contributed by atoms with Gasteiger partial charge in [0.2, 0.25) is 0 Å². The Labute approximate surface area is 93.2 Å². The third kappa shape index (κ3) is 17.8. The van der Waals surface area contributed by atoms with Crippen molar-refractivity contribution in [2.45, 2.75) is 6.92 Å². The van der Waals surface area contributed by atoms with E-state index >= 15 is 0 Å². The van der Waals surface area contributed by atoms with E-state index in [4.69, 9.17) is 9.90 Å². The van der Waals surface area contributed by atoms with Crippen LogP contribution in [0.25, 0.3) is 0 Å². The number of ether oxygens (including phenoxy) is 2. The van der Waals surface area contributed by atoms with Crippen molar-refractivity contribution in [3.05, 3.63) is 25.3 Å². The molecule has 6 heteroatoms. The van der Waals surface area contributed by atoms with Gasteiger partial charge >= 0.3 is 11.9 Å². The summed E-state index contributed by atoms with van der Waals surface area (Å²) >= 11 is 0. The molecule has 0 aliphatic heterocycles. The maximum atomic E-state index is 10.4. The van der Waals surface area contributed by atoms with E-state index in [-0.39, 0.29) is 13.2 Å². The van der Waals surface area contributed by atoms with Gasteiger partial charge in [-0.3, -0.25) is 4.79 Å². The highest BCUT2D eigenvalue weighted by Gasteiger charge is 1.97. The van der Waals surface area contributed by atoms with Crippen LogP contribution in [0.15, 0.2) is 25.3 Å². The summed E-state index contributed by atoms with van der Waals surface area (Å²) in [5.41, 5.74) is 0. The molecular formula is C10H14O6. The monoisotopic (exact) mass is 230 g/mol. The fraction of sp³-hybridized carbons (Fsp3) is 0.300. The molecule has 0 rings (SSSR count). The van der Waals surface area contributed by atoms with Gasteiger partial charge in [-0.1, -0.05) is 13.2 Å². The molecule has 0 radical (unpaired) electrons. The van der Waals surface area contributed by atoms with Crippen LogP contribution in [0, 0.1) is 0 Å². The minimum atomic E-state index is -0.833. The lowest BCUT2D eigenvalue weighted by atomic mass is 10.6. The van der Waals surface area contributed by atoms with Crippen molar-refractivity contribution in [3.8, 4) is 0 Å². The first kappa shape index (κ1) is 16.3. The molecule has 0 unspecified atom stereocenters. The average Bonchev–Trinajstić information content (AvgIpc) is 2.22. The molecule has 6 nitrogen and oxygen atoms in total. The minimum Gasteiger partial charge on any atom is -0.481 e. The molecule has 0 aromatic carbocycles. The number of carbonyl (C=O) groups is 3. The maximum absolute atomic E-state index is 10.4. The summed E-state index contributed by atoms with van der Waals surface area (Å²) < 4.78 is 9.04. The molecule has 0 aliphatic rings. The van der Waals surface area contributed by atoms with Crippen LogP contribution in [0.5, 0.6) is 0 Å². The number of hydrogen-bond donors (Lipinski definition) is 1. The smallest absolute Gasteiger partial charge is 0.330 e. The normalized spacial score (nSPS) is 7.81. The van der Waals surface area contributed by atoms with Crippen LogP contribution < -0.4 is 0 Å². The van der Waals surface area contributed by atoms with Gasteiger partial charge in [0, 0.05) is 19.1 Å². The highest BCUT2D eigenvalue weighted by atomic mass is 16.6. The van der Waals surface area contributed by atoms with Crippen molar-refractivity contribution in [3.63, 3.8) is 0 Å². The van der Waals surface area contributed by atoms with E-state index < -0.39 is 17.9 Å². The Morgan fingerprint density at radius 1 is 1.06 bits per heavy atom. The third-order valence-electron chi connectivity index (χ3n) is 0.905. The van der Waals surface area contributed by atoms with E-state index in [1.165, 1.54) is 0 Å². The van der Waals surface area contributed by atoms with Gasteiger partial charge in [-0.15, -0.1) is 0 Å². The second-order valence-corrected chi connectivity index (χ2v) is 2.26. The molecule has 0 saturated heterocycles. The van der Waals surface area contributed by atoms with Gasteiger partial charge < -0.3 is 14.6 Å². The van der Waals surface area contributed by atoms with Crippen molar-refractivity contribution in [1.82, 2.24) is 0 Å². The summed E-state index contributed by atoms with van der Waals surface area (Å²) in [6, 6.07) is 0. The standard InChI is InChI=1S/C8H10O4.C2H4O2/c1-3-7(9)11-5-6-12-8(10)4-2;1-2(3)4/h3-4H,1-2,5-6H2;1H3,(H,3,4). The predicted molar refractivity (Wildman–Crippen MR) is 55.6 cm³/mol. The second kappa shape index (κ2) is 11.0. The zero-order valence-electron chi connectivity index (χ0n) is 8.97. The number of aliphatic carboxylic acids is 1. The number of esters is 2. The minimum absolute atomic E-state index is 0.0322. The van der Waals surface area contributed by atoms with E-state index in [1.54, 1.807) is 0 Å². The molecule has 0 spiro atoms. The average molecular weight is 230 g/mol. The molecule has 90 valence electrons. The molecule has 0 bridgehead atoms. The molecule has 0 amide bonds. The number of hydrogen-bond acceptors (Lipinski definition) is 5. The van der Waals surface area contributed by atoms with Crippen LogP contribution in [0.1, 0.15) is 6.92 Å². The van der Waals surface area contributed by atoms with Crippen LogP contribution in [-0.2, 0) is 23.9 Å². The van der Waals surface area contributed by atoms with Crippen LogP contribution >= 0.6 is 0 Å². The summed E-state index contributed by atoms with van der Waals surface area (Å²) in [7, 11) is 0. The Morgan fingerprint density at radius 3 is 1.50 bits per heavy atom. The van der Waals surface area contributed by atoms with Crippen LogP contribution in [0.4, 0.5) is 0 Å². The lowest BCUT2D eigenvalue weighted by molar-refractivity contribution is -0.146. The van der Waals surface area contributed by atoms with E-state index in [2.05, 4.69) is 22.6 Å². The summed E-state index contributed by atoms with van der Waals surface area (Å²) in [5.74, 6) is -1.91. The molecule has 0 fully saturated rings. The van der Waals surface area contributed by atoms with Gasteiger partial charge in [0.25, 0.3) is 5.97 Å². The fourth-order valence-corrected chi connectivity index (χ4v) is 0.402. The largest absolute Gasteiger partial charge is 0.481 e. The fourth-order valence-electron chi connectivity index (χ4n) is 0.402. The van der Waals surface area contributed by atoms with Gasteiger partial charge in [-0.25, -0.2) is 9.59 Å². The lowest BCUT2D eigenvalue weighted by Gasteiger charge is -2.01. The zero-order valence-corrected chi connectivity index (χ0v) is 8.97. The van der Waals surface area contributed by atoms with Crippen molar-refractivity contribution in [2.24, 2.45) is 0 Å². The molecule has 0 heterocycles. The van der Waals surface area contributed by atoms with Crippen LogP contribution in [0.2, 0.25) is 0 Å². The number of carboxylic acids is 1. The van der Waals surface area contributed by atoms with Gasteiger partial charge in [0.15, 0.2) is 0 Å². The van der Waals surface area contributed by atoms with E-state index in [9.17, 15) is 9.59 Å². The topological polar surface area (TPSA) is 89.9 Å². The third-order valence-corrected chi connectivity index (χ3v) is 0.905. The van der Waals surface area contributed by atoms with Crippen molar-refractivity contribution in [1.29, 1.82) is 0 Å². The van der Waals surface area contributed by atoms with E-state index in [1.807, 2.05) is 0 Å². The lowest BCUT2D eigenvalue weighted by Crippen LogP contribution is -2.10. The SMILES string of the molecule is C=CC(=O)OCCOC(=O)C=C.CC(=O)O. The Balaban J connectivity index is 0. The summed E-state index contributed by atoms with van der Waals surface area (Å²) in [6.45, 7) is 7.53. The Bertz CT molecular complexity index is 242. The first-order valence-corrected chi connectivity index (χ1v) is 4.22. The zero-order chi connectivity index (χ0) is 13.0. The van der Waals surface area contributed by atoms with Crippen LogP contribution in [-0.4, -0.2) is 36.2 Å². The first-order chi connectivity index (χ1) is 7.43.